The van der Waals surface area contributed by atoms with Crippen molar-refractivity contribution in [2.75, 3.05) is 13.1 Å². The molecular formula is C19H21NO. The van der Waals surface area contributed by atoms with Gasteiger partial charge in [0.25, 0.3) is 5.91 Å². The lowest BCUT2D eigenvalue weighted by Crippen LogP contribution is -2.27. The van der Waals surface area contributed by atoms with Crippen LogP contribution in [0.3, 0.4) is 0 Å². The highest BCUT2D eigenvalue weighted by atomic mass is 16.2. The van der Waals surface area contributed by atoms with Gasteiger partial charge in [-0.05, 0) is 55.5 Å². The van der Waals surface area contributed by atoms with Crippen molar-refractivity contribution in [3.05, 3.63) is 59.2 Å². The minimum Gasteiger partial charge on any atom is -0.339 e. The number of nitrogens with zero attached hydrogens (tertiary/aromatic N) is 1. The summed E-state index contributed by atoms with van der Waals surface area (Å²) in [6, 6.07) is 14.5. The van der Waals surface area contributed by atoms with Gasteiger partial charge in [-0.3, -0.25) is 4.79 Å². The van der Waals surface area contributed by atoms with Crippen LogP contribution in [0, 0.1) is 13.8 Å². The molecule has 1 aliphatic rings. The van der Waals surface area contributed by atoms with E-state index in [1.807, 2.05) is 17.0 Å². The first-order valence-electron chi connectivity index (χ1n) is 7.62. The first kappa shape index (κ1) is 13.9. The Kier molecular flexibility index (Phi) is 3.78. The Hall–Kier alpha value is -2.09. The normalized spacial score (nSPS) is 14.5. The maximum atomic E-state index is 12.3. The van der Waals surface area contributed by atoms with E-state index in [1.165, 1.54) is 22.3 Å². The molecule has 0 saturated carbocycles. The molecule has 1 aliphatic heterocycles. The lowest BCUT2D eigenvalue weighted by Gasteiger charge is -2.15. The van der Waals surface area contributed by atoms with Crippen LogP contribution in [0.25, 0.3) is 11.1 Å². The second kappa shape index (κ2) is 5.72. The molecule has 0 radical (unpaired) electrons. The van der Waals surface area contributed by atoms with Crippen molar-refractivity contribution < 1.29 is 4.79 Å². The van der Waals surface area contributed by atoms with Gasteiger partial charge in [0.2, 0.25) is 0 Å². The van der Waals surface area contributed by atoms with Crippen LogP contribution in [0.15, 0.2) is 42.5 Å². The second-order valence-corrected chi connectivity index (χ2v) is 5.90. The Morgan fingerprint density at radius 3 is 2.29 bits per heavy atom. The Bertz CT molecular complexity index is 652. The van der Waals surface area contributed by atoms with Gasteiger partial charge in [0.15, 0.2) is 0 Å². The third-order valence-corrected chi connectivity index (χ3v) is 4.23. The fourth-order valence-corrected chi connectivity index (χ4v) is 2.94. The summed E-state index contributed by atoms with van der Waals surface area (Å²) in [7, 11) is 0. The van der Waals surface area contributed by atoms with Gasteiger partial charge in [-0.2, -0.15) is 0 Å². The van der Waals surface area contributed by atoms with Gasteiger partial charge in [0.1, 0.15) is 0 Å². The zero-order valence-corrected chi connectivity index (χ0v) is 12.7. The van der Waals surface area contributed by atoms with Crippen molar-refractivity contribution in [3.8, 4) is 11.1 Å². The molecule has 0 atom stereocenters. The average Bonchev–Trinajstić information content (AvgIpc) is 3.03. The number of likely N-dealkylation sites (tertiary alicyclic amines) is 1. The van der Waals surface area contributed by atoms with E-state index in [0.717, 1.165) is 31.5 Å². The van der Waals surface area contributed by atoms with Gasteiger partial charge in [0, 0.05) is 18.7 Å². The number of aryl methyl sites for hydroxylation is 2. The number of rotatable bonds is 2. The van der Waals surface area contributed by atoms with Crippen LogP contribution in [0.1, 0.15) is 34.3 Å². The zero-order chi connectivity index (χ0) is 14.8. The summed E-state index contributed by atoms with van der Waals surface area (Å²) in [4.78, 5) is 14.3. The highest BCUT2D eigenvalue weighted by Crippen LogP contribution is 2.25. The molecule has 0 N–H and O–H groups in total. The van der Waals surface area contributed by atoms with Crippen molar-refractivity contribution in [2.45, 2.75) is 26.7 Å². The highest BCUT2D eigenvalue weighted by molar-refractivity contribution is 5.95. The van der Waals surface area contributed by atoms with Crippen molar-refractivity contribution in [1.82, 2.24) is 4.90 Å². The number of amides is 1. The first-order valence-corrected chi connectivity index (χ1v) is 7.62. The van der Waals surface area contributed by atoms with E-state index in [9.17, 15) is 4.79 Å². The molecule has 2 aromatic rings. The summed E-state index contributed by atoms with van der Waals surface area (Å²) in [5, 5.41) is 0. The van der Waals surface area contributed by atoms with Gasteiger partial charge >= 0.3 is 0 Å². The van der Waals surface area contributed by atoms with E-state index in [0.29, 0.717) is 0 Å². The summed E-state index contributed by atoms with van der Waals surface area (Å²) in [5.41, 5.74) is 5.74. The lowest BCUT2D eigenvalue weighted by molar-refractivity contribution is 0.0793. The van der Waals surface area contributed by atoms with E-state index in [4.69, 9.17) is 0 Å². The summed E-state index contributed by atoms with van der Waals surface area (Å²) in [6.45, 7) is 6.03. The molecule has 2 nitrogen and oxygen atoms in total. The van der Waals surface area contributed by atoms with Crippen LogP contribution >= 0.6 is 0 Å². The van der Waals surface area contributed by atoms with Crippen LogP contribution in [-0.2, 0) is 0 Å². The number of carbonyl (C=O) groups excluding carboxylic acids is 1. The third kappa shape index (κ3) is 2.85. The zero-order valence-electron chi connectivity index (χ0n) is 12.7. The van der Waals surface area contributed by atoms with Crippen LogP contribution in [-0.4, -0.2) is 23.9 Å². The number of carbonyl (C=O) groups is 1. The number of benzene rings is 2. The van der Waals surface area contributed by atoms with Crippen molar-refractivity contribution >= 4 is 5.91 Å². The summed E-state index contributed by atoms with van der Waals surface area (Å²) in [5.74, 6) is 0.167. The molecular weight excluding hydrogens is 258 g/mol. The third-order valence-electron chi connectivity index (χ3n) is 4.23. The molecule has 1 heterocycles. The quantitative estimate of drug-likeness (QED) is 0.806. The van der Waals surface area contributed by atoms with Crippen LogP contribution in [0.4, 0.5) is 0 Å². The van der Waals surface area contributed by atoms with Crippen LogP contribution in [0.5, 0.6) is 0 Å². The second-order valence-electron chi connectivity index (χ2n) is 5.90. The molecule has 1 amide bonds. The maximum Gasteiger partial charge on any atom is 0.253 e. The van der Waals surface area contributed by atoms with E-state index in [-0.39, 0.29) is 5.91 Å². The Morgan fingerprint density at radius 2 is 1.62 bits per heavy atom. The maximum absolute atomic E-state index is 12.3. The first-order chi connectivity index (χ1) is 10.1. The standard InChI is InChI=1S/C19H21NO/c1-14-5-6-15(2)18(13-14)16-7-9-17(10-8-16)19(21)20-11-3-4-12-20/h5-10,13H,3-4,11-12H2,1-2H3. The fourth-order valence-electron chi connectivity index (χ4n) is 2.94. The van der Waals surface area contributed by atoms with E-state index >= 15 is 0 Å². The van der Waals surface area contributed by atoms with Gasteiger partial charge in [0.05, 0.1) is 0 Å². The van der Waals surface area contributed by atoms with Gasteiger partial charge in [-0.15, -0.1) is 0 Å². The van der Waals surface area contributed by atoms with E-state index in [2.05, 4.69) is 44.2 Å². The molecule has 0 unspecified atom stereocenters. The van der Waals surface area contributed by atoms with Crippen molar-refractivity contribution in [2.24, 2.45) is 0 Å². The van der Waals surface area contributed by atoms with E-state index < -0.39 is 0 Å². The van der Waals surface area contributed by atoms with E-state index in [1.54, 1.807) is 0 Å². The SMILES string of the molecule is Cc1ccc(C)c(-c2ccc(C(=O)N3CCCC3)cc2)c1. The van der Waals surface area contributed by atoms with Gasteiger partial charge < -0.3 is 4.90 Å². The average molecular weight is 279 g/mol. The molecule has 0 spiro atoms. The topological polar surface area (TPSA) is 20.3 Å². The molecule has 2 aromatic carbocycles. The molecule has 3 rings (SSSR count). The smallest absolute Gasteiger partial charge is 0.253 e. The van der Waals surface area contributed by atoms with Gasteiger partial charge in [-0.1, -0.05) is 35.9 Å². The molecule has 0 aromatic heterocycles. The summed E-state index contributed by atoms with van der Waals surface area (Å²) in [6.07, 6.45) is 2.26. The fraction of sp³-hybridized carbons (Fsp3) is 0.316. The lowest BCUT2D eigenvalue weighted by atomic mass is 9.97. The Morgan fingerprint density at radius 1 is 0.952 bits per heavy atom. The monoisotopic (exact) mass is 279 g/mol. The Labute approximate surface area is 126 Å². The molecule has 1 saturated heterocycles. The minimum absolute atomic E-state index is 0.167. The highest BCUT2D eigenvalue weighted by Gasteiger charge is 2.19. The van der Waals surface area contributed by atoms with Gasteiger partial charge in [-0.25, -0.2) is 0 Å². The predicted molar refractivity (Wildman–Crippen MR) is 86.5 cm³/mol. The van der Waals surface area contributed by atoms with Crippen molar-refractivity contribution in [3.63, 3.8) is 0 Å². The largest absolute Gasteiger partial charge is 0.339 e. The molecule has 2 heteroatoms. The Balaban J connectivity index is 1.86. The van der Waals surface area contributed by atoms with Crippen LogP contribution in [0.2, 0.25) is 0 Å². The molecule has 21 heavy (non-hydrogen) atoms. The number of hydrogen-bond donors (Lipinski definition) is 0. The molecule has 0 aliphatic carbocycles. The predicted octanol–water partition coefficient (Wildman–Crippen LogP) is 4.21. The van der Waals surface area contributed by atoms with Crippen LogP contribution < -0.4 is 0 Å². The molecule has 1 fully saturated rings. The van der Waals surface area contributed by atoms with Crippen molar-refractivity contribution in [1.29, 1.82) is 0 Å². The minimum atomic E-state index is 0.167. The molecule has 108 valence electrons. The molecule has 0 bridgehead atoms. The summed E-state index contributed by atoms with van der Waals surface area (Å²) >= 11 is 0. The summed E-state index contributed by atoms with van der Waals surface area (Å²) < 4.78 is 0. The number of hydrogen-bond acceptors (Lipinski definition) is 1.